The van der Waals surface area contributed by atoms with Crippen LogP contribution in [0.5, 0.6) is 0 Å². The summed E-state index contributed by atoms with van der Waals surface area (Å²) in [5, 5.41) is 0. The van der Waals surface area contributed by atoms with Crippen LogP contribution < -0.4 is 0 Å². The maximum absolute atomic E-state index is 11.2. The fourth-order valence-electron chi connectivity index (χ4n) is 0.903. The largest absolute Gasteiger partial charge is 0.463 e. The maximum Gasteiger partial charge on any atom is 0.311 e. The van der Waals surface area contributed by atoms with Gasteiger partial charge in [-0.3, -0.25) is 4.79 Å². The SMILES string of the molecule is CCOCCOC(=O)C1(C)CC1. The molecule has 0 aromatic carbocycles. The Morgan fingerprint density at radius 2 is 2.08 bits per heavy atom. The highest BCUT2D eigenvalue weighted by atomic mass is 16.6. The van der Waals surface area contributed by atoms with Crippen molar-refractivity contribution in [2.45, 2.75) is 26.7 Å². The zero-order chi connectivity index (χ0) is 9.03. The maximum atomic E-state index is 11.2. The monoisotopic (exact) mass is 172 g/mol. The molecule has 0 aromatic rings. The molecule has 0 aliphatic heterocycles. The van der Waals surface area contributed by atoms with E-state index in [-0.39, 0.29) is 11.4 Å². The van der Waals surface area contributed by atoms with Crippen LogP contribution in [-0.2, 0) is 14.3 Å². The minimum absolute atomic E-state index is 0.0674. The smallest absolute Gasteiger partial charge is 0.311 e. The van der Waals surface area contributed by atoms with E-state index in [0.29, 0.717) is 19.8 Å². The molecule has 0 unspecified atom stereocenters. The third kappa shape index (κ3) is 2.48. The van der Waals surface area contributed by atoms with Crippen LogP contribution in [0.25, 0.3) is 0 Å². The van der Waals surface area contributed by atoms with Gasteiger partial charge in [-0.25, -0.2) is 0 Å². The minimum atomic E-state index is -0.161. The Bertz CT molecular complexity index is 161. The molecule has 0 bridgehead atoms. The molecule has 0 amide bonds. The van der Waals surface area contributed by atoms with Gasteiger partial charge in [0.05, 0.1) is 12.0 Å². The molecule has 1 aliphatic rings. The van der Waals surface area contributed by atoms with Gasteiger partial charge in [0.25, 0.3) is 0 Å². The lowest BCUT2D eigenvalue weighted by Crippen LogP contribution is -2.18. The second kappa shape index (κ2) is 3.90. The molecule has 0 atom stereocenters. The molecule has 0 heterocycles. The van der Waals surface area contributed by atoms with Gasteiger partial charge in [-0.05, 0) is 26.7 Å². The number of ether oxygens (including phenoxy) is 2. The summed E-state index contributed by atoms with van der Waals surface area (Å²) in [6.45, 7) is 5.44. The molecule has 3 heteroatoms. The number of esters is 1. The Balaban J connectivity index is 2.03. The van der Waals surface area contributed by atoms with Crippen molar-refractivity contribution in [3.63, 3.8) is 0 Å². The van der Waals surface area contributed by atoms with E-state index in [2.05, 4.69) is 0 Å². The van der Waals surface area contributed by atoms with Crippen molar-refractivity contribution in [1.29, 1.82) is 0 Å². The first-order chi connectivity index (χ1) is 5.69. The van der Waals surface area contributed by atoms with Crippen LogP contribution in [0.15, 0.2) is 0 Å². The average Bonchev–Trinajstić information content (AvgIpc) is 2.78. The van der Waals surface area contributed by atoms with Crippen molar-refractivity contribution < 1.29 is 14.3 Å². The summed E-state index contributed by atoms with van der Waals surface area (Å²) in [4.78, 5) is 11.2. The lowest BCUT2D eigenvalue weighted by Gasteiger charge is -2.08. The normalized spacial score (nSPS) is 18.8. The predicted octanol–water partition coefficient (Wildman–Crippen LogP) is 1.37. The van der Waals surface area contributed by atoms with Crippen LogP contribution in [0.1, 0.15) is 26.7 Å². The number of rotatable bonds is 5. The minimum Gasteiger partial charge on any atom is -0.463 e. The lowest BCUT2D eigenvalue weighted by molar-refractivity contribution is -0.151. The Morgan fingerprint density at radius 1 is 1.42 bits per heavy atom. The fraction of sp³-hybridized carbons (Fsp3) is 0.889. The third-order valence-corrected chi connectivity index (χ3v) is 2.16. The first-order valence-electron chi connectivity index (χ1n) is 4.44. The van der Waals surface area contributed by atoms with Crippen LogP contribution in [-0.4, -0.2) is 25.8 Å². The Labute approximate surface area is 73.0 Å². The van der Waals surface area contributed by atoms with E-state index in [9.17, 15) is 4.79 Å². The van der Waals surface area contributed by atoms with Crippen LogP contribution >= 0.6 is 0 Å². The van der Waals surface area contributed by atoms with Gasteiger partial charge in [0.15, 0.2) is 0 Å². The molecule has 1 fully saturated rings. The molecule has 70 valence electrons. The van der Waals surface area contributed by atoms with Gasteiger partial charge in [-0.1, -0.05) is 0 Å². The zero-order valence-electron chi connectivity index (χ0n) is 7.76. The van der Waals surface area contributed by atoms with Gasteiger partial charge in [-0.15, -0.1) is 0 Å². The van der Waals surface area contributed by atoms with Crippen molar-refractivity contribution in [2.24, 2.45) is 5.41 Å². The molecule has 1 saturated carbocycles. The Hall–Kier alpha value is -0.570. The van der Waals surface area contributed by atoms with Gasteiger partial charge in [-0.2, -0.15) is 0 Å². The van der Waals surface area contributed by atoms with Crippen molar-refractivity contribution in [3.8, 4) is 0 Å². The van der Waals surface area contributed by atoms with E-state index in [4.69, 9.17) is 9.47 Å². The van der Waals surface area contributed by atoms with E-state index in [1.807, 2.05) is 13.8 Å². The van der Waals surface area contributed by atoms with Crippen molar-refractivity contribution in [2.75, 3.05) is 19.8 Å². The molecule has 1 rings (SSSR count). The van der Waals surface area contributed by atoms with Crippen molar-refractivity contribution >= 4 is 5.97 Å². The molecule has 0 aromatic heterocycles. The molecule has 0 spiro atoms. The summed E-state index contributed by atoms with van der Waals surface area (Å²) in [6.07, 6.45) is 1.95. The fourth-order valence-corrected chi connectivity index (χ4v) is 0.903. The number of carbonyl (C=O) groups excluding carboxylic acids is 1. The van der Waals surface area contributed by atoms with E-state index < -0.39 is 0 Å². The first kappa shape index (κ1) is 9.52. The molecule has 0 N–H and O–H groups in total. The number of carbonyl (C=O) groups is 1. The quantitative estimate of drug-likeness (QED) is 0.464. The molecule has 1 aliphatic carbocycles. The summed E-state index contributed by atoms with van der Waals surface area (Å²) in [7, 11) is 0. The van der Waals surface area contributed by atoms with Crippen molar-refractivity contribution in [1.82, 2.24) is 0 Å². The van der Waals surface area contributed by atoms with Crippen LogP contribution in [0.2, 0.25) is 0 Å². The average molecular weight is 172 g/mol. The third-order valence-electron chi connectivity index (χ3n) is 2.16. The molecule has 3 nitrogen and oxygen atoms in total. The van der Waals surface area contributed by atoms with E-state index in [0.717, 1.165) is 12.8 Å². The summed E-state index contributed by atoms with van der Waals surface area (Å²) in [6, 6.07) is 0. The zero-order valence-corrected chi connectivity index (χ0v) is 7.76. The van der Waals surface area contributed by atoms with E-state index >= 15 is 0 Å². The van der Waals surface area contributed by atoms with Gasteiger partial charge < -0.3 is 9.47 Å². The van der Waals surface area contributed by atoms with Crippen LogP contribution in [0.4, 0.5) is 0 Å². The molecule has 12 heavy (non-hydrogen) atoms. The molecular formula is C9H16O3. The standard InChI is InChI=1S/C9H16O3/c1-3-11-6-7-12-8(10)9(2)4-5-9/h3-7H2,1-2H3. The highest BCUT2D eigenvalue weighted by Gasteiger charge is 2.46. The summed E-state index contributed by atoms with van der Waals surface area (Å²) < 4.78 is 10.0. The van der Waals surface area contributed by atoms with E-state index in [1.54, 1.807) is 0 Å². The van der Waals surface area contributed by atoms with Crippen LogP contribution in [0, 0.1) is 5.41 Å². The topological polar surface area (TPSA) is 35.5 Å². The van der Waals surface area contributed by atoms with Gasteiger partial charge >= 0.3 is 5.97 Å². The molecular weight excluding hydrogens is 156 g/mol. The molecule has 0 radical (unpaired) electrons. The highest BCUT2D eigenvalue weighted by molar-refractivity contribution is 5.79. The van der Waals surface area contributed by atoms with Gasteiger partial charge in [0, 0.05) is 6.61 Å². The summed E-state index contributed by atoms with van der Waals surface area (Å²) >= 11 is 0. The second-order valence-electron chi connectivity index (χ2n) is 3.39. The second-order valence-corrected chi connectivity index (χ2v) is 3.39. The van der Waals surface area contributed by atoms with Crippen molar-refractivity contribution in [3.05, 3.63) is 0 Å². The Morgan fingerprint density at radius 3 is 2.58 bits per heavy atom. The highest BCUT2D eigenvalue weighted by Crippen LogP contribution is 2.45. The van der Waals surface area contributed by atoms with Gasteiger partial charge in [0.1, 0.15) is 6.61 Å². The van der Waals surface area contributed by atoms with Gasteiger partial charge in [0.2, 0.25) is 0 Å². The first-order valence-corrected chi connectivity index (χ1v) is 4.44. The number of hydrogen-bond acceptors (Lipinski definition) is 3. The summed E-state index contributed by atoms with van der Waals surface area (Å²) in [5.74, 6) is -0.0674. The predicted molar refractivity (Wildman–Crippen MR) is 44.8 cm³/mol. The van der Waals surface area contributed by atoms with Crippen LogP contribution in [0.3, 0.4) is 0 Å². The lowest BCUT2D eigenvalue weighted by atomic mass is 10.1. The summed E-state index contributed by atoms with van der Waals surface area (Å²) in [5.41, 5.74) is -0.161. The Kier molecular flexibility index (Phi) is 3.09. The number of hydrogen-bond donors (Lipinski definition) is 0. The van der Waals surface area contributed by atoms with E-state index in [1.165, 1.54) is 0 Å². The molecule has 0 saturated heterocycles.